The van der Waals surface area contributed by atoms with Gasteiger partial charge in [0.15, 0.2) is 11.6 Å². The van der Waals surface area contributed by atoms with E-state index in [2.05, 4.69) is 14.9 Å². The quantitative estimate of drug-likeness (QED) is 0.714. The fourth-order valence-corrected chi connectivity index (χ4v) is 3.91. The van der Waals surface area contributed by atoms with Crippen LogP contribution in [0.2, 0.25) is 0 Å². The summed E-state index contributed by atoms with van der Waals surface area (Å²) in [6.45, 7) is 4.11. The van der Waals surface area contributed by atoms with Crippen molar-refractivity contribution in [3.05, 3.63) is 47.4 Å². The third-order valence-electron chi connectivity index (χ3n) is 5.49. The average molecular weight is 400 g/mol. The van der Waals surface area contributed by atoms with Gasteiger partial charge >= 0.3 is 5.97 Å². The van der Waals surface area contributed by atoms with Gasteiger partial charge in [-0.2, -0.15) is 4.98 Å². The van der Waals surface area contributed by atoms with Crippen LogP contribution in [0.1, 0.15) is 22.3 Å². The maximum absolute atomic E-state index is 14.3. The largest absolute Gasteiger partial charge is 0.465 e. The Labute approximate surface area is 169 Å². The van der Waals surface area contributed by atoms with E-state index < -0.39 is 5.82 Å². The summed E-state index contributed by atoms with van der Waals surface area (Å²) in [5.41, 5.74) is 1.73. The van der Waals surface area contributed by atoms with E-state index >= 15 is 0 Å². The number of morpholine rings is 1. The number of rotatable bonds is 5. The average Bonchev–Trinajstić information content (AvgIpc) is 3.23. The molecular formula is C21H25FN4O3. The molecule has 3 heterocycles. The van der Waals surface area contributed by atoms with E-state index in [1.165, 1.54) is 18.9 Å². The highest BCUT2D eigenvalue weighted by atomic mass is 19.1. The van der Waals surface area contributed by atoms with Gasteiger partial charge in [-0.3, -0.25) is 0 Å². The fraction of sp³-hybridized carbons (Fsp3) is 0.476. The van der Waals surface area contributed by atoms with Crippen molar-refractivity contribution in [2.45, 2.75) is 12.8 Å². The lowest BCUT2D eigenvalue weighted by Crippen LogP contribution is -2.37. The van der Waals surface area contributed by atoms with Crippen LogP contribution in [0.25, 0.3) is 0 Å². The van der Waals surface area contributed by atoms with E-state index in [0.29, 0.717) is 49.6 Å². The summed E-state index contributed by atoms with van der Waals surface area (Å²) in [4.78, 5) is 24.3. The number of halogens is 1. The van der Waals surface area contributed by atoms with Gasteiger partial charge < -0.3 is 19.3 Å². The number of carbonyl (C=O) groups excluding carboxylic acids is 1. The smallest absolute Gasteiger partial charge is 0.337 e. The maximum Gasteiger partial charge on any atom is 0.337 e. The van der Waals surface area contributed by atoms with Crippen LogP contribution in [0.3, 0.4) is 0 Å². The number of benzene rings is 1. The van der Waals surface area contributed by atoms with E-state index in [-0.39, 0.29) is 5.97 Å². The number of anilines is 2. The lowest BCUT2D eigenvalue weighted by atomic mass is 9.98. The van der Waals surface area contributed by atoms with Crippen LogP contribution in [0.15, 0.2) is 30.5 Å². The second kappa shape index (κ2) is 8.73. The number of aromatic nitrogens is 2. The second-order valence-corrected chi connectivity index (χ2v) is 7.43. The summed E-state index contributed by atoms with van der Waals surface area (Å²) >= 11 is 0. The molecule has 0 spiro atoms. The van der Waals surface area contributed by atoms with Crippen molar-refractivity contribution in [2.75, 3.05) is 56.3 Å². The van der Waals surface area contributed by atoms with Crippen LogP contribution in [0, 0.1) is 11.7 Å². The normalized spacial score (nSPS) is 19.4. The molecule has 2 fully saturated rings. The highest BCUT2D eigenvalue weighted by Gasteiger charge is 2.26. The molecule has 1 aromatic carbocycles. The van der Waals surface area contributed by atoms with Gasteiger partial charge in [0.25, 0.3) is 0 Å². The number of nitrogens with zero attached hydrogens (tertiary/aromatic N) is 4. The molecule has 2 aliphatic heterocycles. The molecule has 1 unspecified atom stereocenters. The Morgan fingerprint density at radius 2 is 1.97 bits per heavy atom. The maximum atomic E-state index is 14.3. The van der Waals surface area contributed by atoms with Gasteiger partial charge in [-0.1, -0.05) is 12.1 Å². The summed E-state index contributed by atoms with van der Waals surface area (Å²) < 4.78 is 24.3. The van der Waals surface area contributed by atoms with Crippen molar-refractivity contribution >= 4 is 17.7 Å². The van der Waals surface area contributed by atoms with E-state index in [0.717, 1.165) is 25.9 Å². The van der Waals surface area contributed by atoms with E-state index in [9.17, 15) is 9.18 Å². The lowest BCUT2D eigenvalue weighted by Gasteiger charge is -2.28. The molecule has 1 atom stereocenters. The van der Waals surface area contributed by atoms with E-state index in [1.807, 2.05) is 17.0 Å². The van der Waals surface area contributed by atoms with Crippen molar-refractivity contribution in [1.82, 2.24) is 9.97 Å². The fourth-order valence-electron chi connectivity index (χ4n) is 3.91. The van der Waals surface area contributed by atoms with Gasteiger partial charge in [-0.15, -0.1) is 0 Å². The zero-order chi connectivity index (χ0) is 20.2. The standard InChI is InChI=1S/C21H25FN4O3/c1-28-20(27)17-4-2-15(3-5-17)12-16-6-7-26(14-16)21-23-13-18(22)19(24-21)25-8-10-29-11-9-25/h2-5,13,16H,6-12,14H2,1H3. The topological polar surface area (TPSA) is 67.8 Å². The number of esters is 1. The molecule has 29 heavy (non-hydrogen) atoms. The third kappa shape index (κ3) is 4.48. The number of hydrogen-bond acceptors (Lipinski definition) is 7. The molecule has 0 amide bonds. The summed E-state index contributed by atoms with van der Waals surface area (Å²) in [6, 6.07) is 7.54. The van der Waals surface area contributed by atoms with Gasteiger partial charge in [0.1, 0.15) is 0 Å². The van der Waals surface area contributed by atoms with Crippen molar-refractivity contribution in [1.29, 1.82) is 0 Å². The summed E-state index contributed by atoms with van der Waals surface area (Å²) in [6.07, 6.45) is 3.20. The van der Waals surface area contributed by atoms with Crippen molar-refractivity contribution in [3.63, 3.8) is 0 Å². The van der Waals surface area contributed by atoms with Gasteiger partial charge in [-0.25, -0.2) is 14.2 Å². The minimum Gasteiger partial charge on any atom is -0.465 e. The van der Waals surface area contributed by atoms with Crippen molar-refractivity contribution in [3.8, 4) is 0 Å². The Kier molecular flexibility index (Phi) is 5.89. The number of ether oxygens (including phenoxy) is 2. The first-order valence-corrected chi connectivity index (χ1v) is 9.91. The molecule has 0 aliphatic carbocycles. The Bertz CT molecular complexity index is 856. The summed E-state index contributed by atoms with van der Waals surface area (Å²) in [7, 11) is 1.38. The minimum absolute atomic E-state index is 0.326. The third-order valence-corrected chi connectivity index (χ3v) is 5.49. The van der Waals surface area contributed by atoms with E-state index in [4.69, 9.17) is 9.47 Å². The molecule has 0 N–H and O–H groups in total. The first-order chi connectivity index (χ1) is 14.1. The number of methoxy groups -OCH3 is 1. The van der Waals surface area contributed by atoms with Crippen LogP contribution in [-0.2, 0) is 15.9 Å². The van der Waals surface area contributed by atoms with Gasteiger partial charge in [0.05, 0.1) is 32.1 Å². The molecule has 0 radical (unpaired) electrons. The Morgan fingerprint density at radius 1 is 1.21 bits per heavy atom. The Hall–Kier alpha value is -2.74. The SMILES string of the molecule is COC(=O)c1ccc(CC2CCN(c3ncc(F)c(N4CCOCC4)n3)C2)cc1. The van der Waals surface area contributed by atoms with Crippen molar-refractivity contribution < 1.29 is 18.7 Å². The minimum atomic E-state index is -0.392. The van der Waals surface area contributed by atoms with Gasteiger partial charge in [0.2, 0.25) is 5.95 Å². The molecule has 2 saturated heterocycles. The van der Waals surface area contributed by atoms with Gasteiger partial charge in [-0.05, 0) is 36.5 Å². The first kappa shape index (κ1) is 19.6. The zero-order valence-electron chi connectivity index (χ0n) is 16.5. The molecule has 0 bridgehead atoms. The number of hydrogen-bond donors (Lipinski definition) is 0. The molecule has 154 valence electrons. The van der Waals surface area contributed by atoms with Crippen molar-refractivity contribution in [2.24, 2.45) is 5.92 Å². The first-order valence-electron chi connectivity index (χ1n) is 9.91. The molecule has 0 saturated carbocycles. The molecule has 2 aromatic rings. The number of carbonyl (C=O) groups is 1. The molecule has 8 heteroatoms. The second-order valence-electron chi connectivity index (χ2n) is 7.43. The summed E-state index contributed by atoms with van der Waals surface area (Å²) in [5.74, 6) is 0.682. The zero-order valence-corrected chi connectivity index (χ0v) is 16.5. The highest BCUT2D eigenvalue weighted by Crippen LogP contribution is 2.26. The van der Waals surface area contributed by atoms with Crippen LogP contribution in [-0.4, -0.2) is 62.4 Å². The molecule has 1 aromatic heterocycles. The van der Waals surface area contributed by atoms with Gasteiger partial charge in [0, 0.05) is 26.2 Å². The Balaban J connectivity index is 1.40. The molecular weight excluding hydrogens is 375 g/mol. The molecule has 2 aliphatic rings. The van der Waals surface area contributed by atoms with Crippen LogP contribution >= 0.6 is 0 Å². The summed E-state index contributed by atoms with van der Waals surface area (Å²) in [5, 5.41) is 0. The predicted octanol–water partition coefficient (Wildman–Crippen LogP) is 2.31. The van der Waals surface area contributed by atoms with Crippen LogP contribution in [0.5, 0.6) is 0 Å². The van der Waals surface area contributed by atoms with Crippen LogP contribution in [0.4, 0.5) is 16.2 Å². The highest BCUT2D eigenvalue weighted by molar-refractivity contribution is 5.89. The molecule has 7 nitrogen and oxygen atoms in total. The Morgan fingerprint density at radius 3 is 2.69 bits per heavy atom. The lowest BCUT2D eigenvalue weighted by molar-refractivity contribution is 0.0600. The van der Waals surface area contributed by atoms with Crippen LogP contribution < -0.4 is 9.80 Å². The van der Waals surface area contributed by atoms with E-state index in [1.54, 1.807) is 12.1 Å². The predicted molar refractivity (Wildman–Crippen MR) is 107 cm³/mol. The molecule has 4 rings (SSSR count). The monoisotopic (exact) mass is 400 g/mol.